The van der Waals surface area contributed by atoms with E-state index in [1.807, 2.05) is 6.92 Å². The SMILES string of the molecule is C[C@H](N)c1cc(C2CC2)nn1CC(C)(C)C. The number of nitrogens with two attached hydrogens (primary N) is 1. The third-order valence-corrected chi connectivity index (χ3v) is 2.92. The fourth-order valence-electron chi connectivity index (χ4n) is 1.97. The molecule has 3 nitrogen and oxygen atoms in total. The molecule has 0 unspecified atom stereocenters. The van der Waals surface area contributed by atoms with Crippen molar-refractivity contribution in [3.63, 3.8) is 0 Å². The van der Waals surface area contributed by atoms with Gasteiger partial charge in [-0.3, -0.25) is 4.68 Å². The Morgan fingerprint density at radius 1 is 1.50 bits per heavy atom. The van der Waals surface area contributed by atoms with Crippen LogP contribution in [0.15, 0.2) is 6.07 Å². The Morgan fingerprint density at radius 2 is 2.12 bits per heavy atom. The van der Waals surface area contributed by atoms with Crippen LogP contribution in [0.1, 0.15) is 63.9 Å². The van der Waals surface area contributed by atoms with E-state index in [1.54, 1.807) is 0 Å². The second-order valence-electron chi connectivity index (χ2n) is 6.28. The molecule has 0 bridgehead atoms. The normalized spacial score (nSPS) is 18.8. The van der Waals surface area contributed by atoms with Gasteiger partial charge in [0.15, 0.2) is 0 Å². The highest BCUT2D eigenvalue weighted by atomic mass is 15.3. The minimum Gasteiger partial charge on any atom is -0.323 e. The Bertz CT molecular complexity index is 367. The van der Waals surface area contributed by atoms with E-state index >= 15 is 0 Å². The number of aromatic nitrogens is 2. The lowest BCUT2D eigenvalue weighted by molar-refractivity contribution is 0.316. The lowest BCUT2D eigenvalue weighted by Crippen LogP contribution is -2.21. The molecule has 1 heterocycles. The van der Waals surface area contributed by atoms with Crippen LogP contribution in [0.4, 0.5) is 0 Å². The maximum Gasteiger partial charge on any atom is 0.0659 e. The lowest BCUT2D eigenvalue weighted by atomic mass is 9.97. The summed E-state index contributed by atoms with van der Waals surface area (Å²) in [7, 11) is 0. The van der Waals surface area contributed by atoms with Gasteiger partial charge in [-0.1, -0.05) is 20.8 Å². The van der Waals surface area contributed by atoms with Crippen LogP contribution in [-0.2, 0) is 6.54 Å². The molecule has 2 N–H and O–H groups in total. The molecule has 1 fully saturated rings. The molecule has 0 amide bonds. The highest BCUT2D eigenvalue weighted by Crippen LogP contribution is 2.40. The molecule has 0 spiro atoms. The maximum atomic E-state index is 6.01. The summed E-state index contributed by atoms with van der Waals surface area (Å²) in [5, 5.41) is 4.72. The zero-order valence-electron chi connectivity index (χ0n) is 10.8. The predicted octanol–water partition coefficient (Wildman–Crippen LogP) is 2.83. The second kappa shape index (κ2) is 3.88. The minimum atomic E-state index is 0.0716. The van der Waals surface area contributed by atoms with Crippen molar-refractivity contribution < 1.29 is 0 Å². The largest absolute Gasteiger partial charge is 0.323 e. The first-order valence-electron chi connectivity index (χ1n) is 6.20. The second-order valence-corrected chi connectivity index (χ2v) is 6.28. The molecule has 16 heavy (non-hydrogen) atoms. The Kier molecular flexibility index (Phi) is 2.82. The van der Waals surface area contributed by atoms with Crippen molar-refractivity contribution in [3.8, 4) is 0 Å². The fourth-order valence-corrected chi connectivity index (χ4v) is 1.97. The summed E-state index contributed by atoms with van der Waals surface area (Å²) in [6.45, 7) is 9.67. The Balaban J connectivity index is 2.26. The van der Waals surface area contributed by atoms with Crippen molar-refractivity contribution in [1.29, 1.82) is 0 Å². The first-order chi connectivity index (χ1) is 7.37. The summed E-state index contributed by atoms with van der Waals surface area (Å²) in [6.07, 6.45) is 2.59. The van der Waals surface area contributed by atoms with Crippen molar-refractivity contribution in [3.05, 3.63) is 17.5 Å². The third-order valence-electron chi connectivity index (χ3n) is 2.92. The van der Waals surface area contributed by atoms with E-state index in [9.17, 15) is 0 Å². The van der Waals surface area contributed by atoms with Crippen LogP contribution in [0, 0.1) is 5.41 Å². The van der Waals surface area contributed by atoms with E-state index in [4.69, 9.17) is 10.8 Å². The van der Waals surface area contributed by atoms with Crippen molar-refractivity contribution in [2.45, 2.75) is 59.0 Å². The standard InChI is InChI=1S/C13H23N3/c1-9(14)12-7-11(10-5-6-10)15-16(12)8-13(2,3)4/h7,9-10H,5-6,8,14H2,1-4H3/t9-/m0/s1. The summed E-state index contributed by atoms with van der Waals surface area (Å²) in [5.41, 5.74) is 8.68. The zero-order chi connectivity index (χ0) is 11.9. The first kappa shape index (κ1) is 11.6. The number of nitrogens with zero attached hydrogens (tertiary/aromatic N) is 2. The Hall–Kier alpha value is -0.830. The van der Waals surface area contributed by atoms with Crippen LogP contribution in [0.2, 0.25) is 0 Å². The van der Waals surface area contributed by atoms with Crippen LogP contribution < -0.4 is 5.73 Å². The smallest absolute Gasteiger partial charge is 0.0659 e. The average Bonchev–Trinajstić information content (AvgIpc) is 2.86. The van der Waals surface area contributed by atoms with Crippen molar-refractivity contribution in [1.82, 2.24) is 9.78 Å². The molecule has 1 saturated carbocycles. The van der Waals surface area contributed by atoms with Crippen LogP contribution in [-0.4, -0.2) is 9.78 Å². The highest BCUT2D eigenvalue weighted by Gasteiger charge is 2.28. The summed E-state index contributed by atoms with van der Waals surface area (Å²) in [4.78, 5) is 0. The molecule has 0 aliphatic heterocycles. The topological polar surface area (TPSA) is 43.8 Å². The first-order valence-corrected chi connectivity index (χ1v) is 6.20. The van der Waals surface area contributed by atoms with E-state index in [0.717, 1.165) is 6.54 Å². The maximum absolute atomic E-state index is 6.01. The minimum absolute atomic E-state index is 0.0716. The third kappa shape index (κ3) is 2.64. The molecule has 1 aromatic heterocycles. The van der Waals surface area contributed by atoms with Gasteiger partial charge in [0.2, 0.25) is 0 Å². The molecule has 1 aliphatic rings. The van der Waals surface area contributed by atoms with E-state index in [2.05, 4.69) is 31.5 Å². The van der Waals surface area contributed by atoms with Crippen molar-refractivity contribution in [2.24, 2.45) is 11.1 Å². The van der Waals surface area contributed by atoms with Gasteiger partial charge in [0.05, 0.1) is 11.4 Å². The fraction of sp³-hybridized carbons (Fsp3) is 0.769. The molecule has 0 saturated heterocycles. The number of rotatable bonds is 3. The van der Waals surface area contributed by atoms with Crippen molar-refractivity contribution >= 4 is 0 Å². The molecule has 1 atom stereocenters. The van der Waals surface area contributed by atoms with Gasteiger partial charge >= 0.3 is 0 Å². The number of hydrogen-bond acceptors (Lipinski definition) is 2. The summed E-state index contributed by atoms with van der Waals surface area (Å²) >= 11 is 0. The van der Waals surface area contributed by atoms with E-state index in [0.29, 0.717) is 5.92 Å². The van der Waals surface area contributed by atoms with Crippen molar-refractivity contribution in [2.75, 3.05) is 0 Å². The van der Waals surface area contributed by atoms with Gasteiger partial charge in [0.25, 0.3) is 0 Å². The monoisotopic (exact) mass is 221 g/mol. The van der Waals surface area contributed by atoms with Crippen LogP contribution >= 0.6 is 0 Å². The molecular formula is C13H23N3. The van der Waals surface area contributed by atoms with Gasteiger partial charge in [0.1, 0.15) is 0 Å². The Morgan fingerprint density at radius 3 is 2.56 bits per heavy atom. The summed E-state index contributed by atoms with van der Waals surface area (Å²) < 4.78 is 2.11. The zero-order valence-corrected chi connectivity index (χ0v) is 10.8. The molecule has 0 radical (unpaired) electrons. The predicted molar refractivity (Wildman–Crippen MR) is 66.3 cm³/mol. The van der Waals surface area contributed by atoms with E-state index in [1.165, 1.54) is 24.2 Å². The van der Waals surface area contributed by atoms with Crippen LogP contribution in [0.25, 0.3) is 0 Å². The average molecular weight is 221 g/mol. The molecule has 1 aromatic rings. The van der Waals surface area contributed by atoms with Crippen LogP contribution in [0.5, 0.6) is 0 Å². The Labute approximate surface area is 98.0 Å². The number of hydrogen-bond donors (Lipinski definition) is 1. The van der Waals surface area contributed by atoms with E-state index in [-0.39, 0.29) is 11.5 Å². The molecule has 90 valence electrons. The molecular weight excluding hydrogens is 198 g/mol. The highest BCUT2D eigenvalue weighted by molar-refractivity contribution is 5.20. The van der Waals surface area contributed by atoms with Gasteiger partial charge in [-0.15, -0.1) is 0 Å². The molecule has 1 aliphatic carbocycles. The quantitative estimate of drug-likeness (QED) is 0.853. The van der Waals surface area contributed by atoms with Gasteiger partial charge in [0, 0.05) is 18.5 Å². The van der Waals surface area contributed by atoms with Gasteiger partial charge < -0.3 is 5.73 Å². The van der Waals surface area contributed by atoms with Gasteiger partial charge in [-0.2, -0.15) is 5.10 Å². The van der Waals surface area contributed by atoms with Crippen LogP contribution in [0.3, 0.4) is 0 Å². The van der Waals surface area contributed by atoms with Gasteiger partial charge in [-0.25, -0.2) is 0 Å². The molecule has 2 rings (SSSR count). The summed E-state index contributed by atoms with van der Waals surface area (Å²) in [5.74, 6) is 0.707. The summed E-state index contributed by atoms with van der Waals surface area (Å²) in [6, 6.07) is 2.27. The van der Waals surface area contributed by atoms with Gasteiger partial charge in [-0.05, 0) is 31.2 Å². The molecule has 3 heteroatoms. The molecule has 0 aromatic carbocycles. The lowest BCUT2D eigenvalue weighted by Gasteiger charge is -2.20. The van der Waals surface area contributed by atoms with E-state index < -0.39 is 0 Å².